The Kier molecular flexibility index (Phi) is 2.80. The van der Waals surface area contributed by atoms with Gasteiger partial charge in [0.1, 0.15) is 0 Å². The Morgan fingerprint density at radius 3 is 2.81 bits per heavy atom. The van der Waals surface area contributed by atoms with E-state index in [1.165, 1.54) is 12.1 Å². The Hall–Kier alpha value is -1.98. The van der Waals surface area contributed by atoms with Gasteiger partial charge in [0, 0.05) is 19.0 Å². The van der Waals surface area contributed by atoms with E-state index in [4.69, 9.17) is 4.42 Å². The van der Waals surface area contributed by atoms with Crippen LogP contribution in [0, 0.1) is 18.6 Å². The minimum Gasteiger partial charge on any atom is -0.408 e. The van der Waals surface area contributed by atoms with Crippen LogP contribution in [0.25, 0.3) is 0 Å². The molecule has 0 fully saturated rings. The van der Waals surface area contributed by atoms with Crippen molar-refractivity contribution in [1.82, 2.24) is 10.2 Å². The van der Waals surface area contributed by atoms with Crippen molar-refractivity contribution in [1.29, 1.82) is 0 Å². The maximum atomic E-state index is 13.2. The van der Waals surface area contributed by atoms with E-state index in [-0.39, 0.29) is 18.1 Å². The van der Waals surface area contributed by atoms with Crippen molar-refractivity contribution in [2.45, 2.75) is 13.5 Å². The third kappa shape index (κ3) is 2.16. The molecule has 0 aliphatic heterocycles. The first kappa shape index (κ1) is 10.5. The van der Waals surface area contributed by atoms with E-state index in [1.54, 1.807) is 6.92 Å². The predicted octanol–water partition coefficient (Wildman–Crippen LogP) is 2.27. The summed E-state index contributed by atoms with van der Waals surface area (Å²) in [5.74, 6) is -1.34. The van der Waals surface area contributed by atoms with E-state index in [0.29, 0.717) is 5.89 Å². The number of hydrogen-bond acceptors (Lipinski definition) is 4. The predicted molar refractivity (Wildman–Crippen MR) is 52.7 cm³/mol. The van der Waals surface area contributed by atoms with Crippen LogP contribution in [0.2, 0.25) is 0 Å². The second-order valence-corrected chi connectivity index (χ2v) is 3.19. The second-order valence-electron chi connectivity index (χ2n) is 3.19. The van der Waals surface area contributed by atoms with Crippen LogP contribution in [0.15, 0.2) is 22.6 Å². The van der Waals surface area contributed by atoms with E-state index in [2.05, 4.69) is 15.5 Å². The molecule has 1 aromatic heterocycles. The van der Waals surface area contributed by atoms with Crippen molar-refractivity contribution in [3.05, 3.63) is 41.3 Å². The van der Waals surface area contributed by atoms with E-state index >= 15 is 0 Å². The average molecular weight is 225 g/mol. The molecule has 0 radical (unpaired) electrons. The van der Waals surface area contributed by atoms with Gasteiger partial charge >= 0.3 is 6.01 Å². The zero-order valence-electron chi connectivity index (χ0n) is 8.50. The topological polar surface area (TPSA) is 51.0 Å². The molecule has 0 spiro atoms. The van der Waals surface area contributed by atoms with Crippen LogP contribution in [-0.2, 0) is 6.54 Å². The van der Waals surface area contributed by atoms with Crippen LogP contribution < -0.4 is 5.32 Å². The molecule has 84 valence electrons. The summed E-state index contributed by atoms with van der Waals surface area (Å²) in [6.07, 6.45) is 0. The lowest BCUT2D eigenvalue weighted by molar-refractivity contribution is 0.498. The fraction of sp³-hybridized carbons (Fsp3) is 0.200. The Morgan fingerprint density at radius 2 is 2.12 bits per heavy atom. The molecule has 0 saturated carbocycles. The Balaban J connectivity index is 2.07. The highest BCUT2D eigenvalue weighted by atomic mass is 19.2. The number of benzene rings is 1. The Morgan fingerprint density at radius 1 is 1.31 bits per heavy atom. The number of hydrogen-bond donors (Lipinski definition) is 1. The Labute approximate surface area is 90.3 Å². The number of rotatable bonds is 3. The van der Waals surface area contributed by atoms with Crippen molar-refractivity contribution in [2.24, 2.45) is 0 Å². The van der Waals surface area contributed by atoms with Crippen LogP contribution in [0.4, 0.5) is 14.8 Å². The van der Waals surface area contributed by atoms with Gasteiger partial charge in [0.2, 0.25) is 5.89 Å². The monoisotopic (exact) mass is 225 g/mol. The number of nitrogens with zero attached hydrogens (tertiary/aromatic N) is 2. The first-order chi connectivity index (χ1) is 7.66. The zero-order valence-corrected chi connectivity index (χ0v) is 8.50. The summed E-state index contributed by atoms with van der Waals surface area (Å²) in [5, 5.41) is 9.96. The molecule has 4 nitrogen and oxygen atoms in total. The van der Waals surface area contributed by atoms with Gasteiger partial charge in [-0.25, -0.2) is 8.78 Å². The van der Waals surface area contributed by atoms with Crippen LogP contribution in [0.3, 0.4) is 0 Å². The van der Waals surface area contributed by atoms with Crippen molar-refractivity contribution in [3.8, 4) is 0 Å². The molecule has 1 N–H and O–H groups in total. The molecule has 0 saturated heterocycles. The molecule has 6 heteroatoms. The summed E-state index contributed by atoms with van der Waals surface area (Å²) in [6.45, 7) is 1.73. The quantitative estimate of drug-likeness (QED) is 0.870. The third-order valence-corrected chi connectivity index (χ3v) is 1.99. The molecule has 16 heavy (non-hydrogen) atoms. The van der Waals surface area contributed by atoms with Gasteiger partial charge in [-0.1, -0.05) is 17.2 Å². The summed E-state index contributed by atoms with van der Waals surface area (Å²) in [6, 6.07) is 4.17. The highest BCUT2D eigenvalue weighted by Gasteiger charge is 2.08. The van der Waals surface area contributed by atoms with Gasteiger partial charge in [0.15, 0.2) is 11.6 Å². The highest BCUT2D eigenvalue weighted by molar-refractivity contribution is 5.25. The summed E-state index contributed by atoms with van der Waals surface area (Å²) < 4.78 is 31.1. The van der Waals surface area contributed by atoms with Crippen LogP contribution in [0.5, 0.6) is 0 Å². The van der Waals surface area contributed by atoms with E-state index < -0.39 is 11.6 Å². The van der Waals surface area contributed by atoms with Gasteiger partial charge in [-0.15, -0.1) is 5.10 Å². The fourth-order valence-electron chi connectivity index (χ4n) is 1.22. The molecule has 2 aromatic rings. The van der Waals surface area contributed by atoms with Crippen molar-refractivity contribution < 1.29 is 13.2 Å². The van der Waals surface area contributed by atoms with Gasteiger partial charge < -0.3 is 9.73 Å². The molecule has 0 bridgehead atoms. The van der Waals surface area contributed by atoms with Gasteiger partial charge in [0.05, 0.1) is 0 Å². The third-order valence-electron chi connectivity index (χ3n) is 1.99. The van der Waals surface area contributed by atoms with Crippen LogP contribution in [0.1, 0.15) is 11.5 Å². The van der Waals surface area contributed by atoms with Crippen molar-refractivity contribution in [2.75, 3.05) is 5.32 Å². The van der Waals surface area contributed by atoms with E-state index in [9.17, 15) is 8.78 Å². The molecular formula is C10H9F2N3O. The van der Waals surface area contributed by atoms with E-state index in [1.807, 2.05) is 0 Å². The molecule has 0 aliphatic rings. The van der Waals surface area contributed by atoms with Crippen molar-refractivity contribution in [3.63, 3.8) is 0 Å². The minimum atomic E-state index is -0.874. The van der Waals surface area contributed by atoms with Crippen LogP contribution in [-0.4, -0.2) is 10.2 Å². The summed E-state index contributed by atoms with van der Waals surface area (Å²) in [7, 11) is 0. The molecule has 0 atom stereocenters. The summed E-state index contributed by atoms with van der Waals surface area (Å²) >= 11 is 0. The number of aryl methyl sites for hydroxylation is 1. The lowest BCUT2D eigenvalue weighted by atomic mass is 10.2. The lowest BCUT2D eigenvalue weighted by Crippen LogP contribution is -2.03. The molecule has 1 heterocycles. The largest absolute Gasteiger partial charge is 0.408 e. The number of aromatic nitrogens is 2. The number of nitrogens with one attached hydrogen (secondary N) is 1. The van der Waals surface area contributed by atoms with Crippen molar-refractivity contribution >= 4 is 6.01 Å². The smallest absolute Gasteiger partial charge is 0.315 e. The normalized spacial score (nSPS) is 10.4. The first-order valence-corrected chi connectivity index (χ1v) is 4.63. The number of halogens is 2. The second kappa shape index (κ2) is 4.26. The minimum absolute atomic E-state index is 0.0885. The average Bonchev–Trinajstić information content (AvgIpc) is 2.67. The maximum absolute atomic E-state index is 13.2. The molecular weight excluding hydrogens is 216 g/mol. The SMILES string of the molecule is Cc1nnc(NCc2cccc(F)c2F)o1. The molecule has 2 rings (SSSR count). The highest BCUT2D eigenvalue weighted by Crippen LogP contribution is 2.13. The summed E-state index contributed by atoms with van der Waals surface area (Å²) in [4.78, 5) is 0. The Bertz CT molecular complexity index is 499. The molecule has 0 amide bonds. The van der Waals surface area contributed by atoms with Gasteiger partial charge in [-0.05, 0) is 6.07 Å². The van der Waals surface area contributed by atoms with Gasteiger partial charge in [-0.2, -0.15) is 0 Å². The number of anilines is 1. The lowest BCUT2D eigenvalue weighted by Gasteiger charge is -2.03. The first-order valence-electron chi connectivity index (χ1n) is 4.63. The van der Waals surface area contributed by atoms with E-state index in [0.717, 1.165) is 6.07 Å². The molecule has 0 unspecified atom stereocenters. The van der Waals surface area contributed by atoms with Gasteiger partial charge in [-0.3, -0.25) is 0 Å². The fourth-order valence-corrected chi connectivity index (χ4v) is 1.22. The standard InChI is InChI=1S/C10H9F2N3O/c1-6-14-15-10(16-6)13-5-7-3-2-4-8(11)9(7)12/h2-4H,5H2,1H3,(H,13,15). The maximum Gasteiger partial charge on any atom is 0.315 e. The van der Waals surface area contributed by atoms with Crippen LogP contribution >= 0.6 is 0 Å². The molecule has 1 aromatic carbocycles. The summed E-state index contributed by atoms with van der Waals surface area (Å²) in [5.41, 5.74) is 0.204. The zero-order chi connectivity index (χ0) is 11.5. The van der Waals surface area contributed by atoms with Gasteiger partial charge in [0.25, 0.3) is 0 Å². The molecule has 0 aliphatic carbocycles.